The van der Waals surface area contributed by atoms with E-state index in [0.29, 0.717) is 12.2 Å². The molecule has 0 saturated carbocycles. The van der Waals surface area contributed by atoms with Crippen LogP contribution in [0.25, 0.3) is 0 Å². The third-order valence-corrected chi connectivity index (χ3v) is 2.90. The van der Waals surface area contributed by atoms with Gasteiger partial charge in [-0.3, -0.25) is 4.79 Å². The molecule has 0 spiro atoms. The van der Waals surface area contributed by atoms with Gasteiger partial charge in [-0.15, -0.1) is 0 Å². The lowest BCUT2D eigenvalue weighted by atomic mass is 10.0. The molecule has 1 atom stereocenters. The summed E-state index contributed by atoms with van der Waals surface area (Å²) < 4.78 is 0. The molecule has 1 unspecified atom stereocenters. The predicted molar refractivity (Wildman–Crippen MR) is 71.1 cm³/mol. The third kappa shape index (κ3) is 4.26. The minimum atomic E-state index is -1.25. The van der Waals surface area contributed by atoms with Gasteiger partial charge in [0.15, 0.2) is 0 Å². The van der Waals surface area contributed by atoms with E-state index in [1.807, 2.05) is 6.92 Å². The van der Waals surface area contributed by atoms with Crippen molar-refractivity contribution in [2.75, 3.05) is 11.9 Å². The van der Waals surface area contributed by atoms with Crippen LogP contribution < -0.4 is 11.1 Å². The molecule has 0 aliphatic rings. The Labute approximate surface area is 111 Å². The van der Waals surface area contributed by atoms with E-state index < -0.39 is 5.97 Å². The van der Waals surface area contributed by atoms with Gasteiger partial charge in [-0.2, -0.15) is 0 Å². The number of nitrogens with two attached hydrogens (primary N) is 1. The summed E-state index contributed by atoms with van der Waals surface area (Å²) >= 11 is 0. The number of carboxylic acid groups (broad SMARTS) is 1. The molecule has 0 fully saturated rings. The van der Waals surface area contributed by atoms with Crippen LogP contribution in [0.3, 0.4) is 0 Å². The number of hydrogen-bond donors (Lipinski definition) is 4. The minimum Gasteiger partial charge on any atom is -0.507 e. The van der Waals surface area contributed by atoms with Crippen LogP contribution in [0, 0.1) is 5.92 Å². The summed E-state index contributed by atoms with van der Waals surface area (Å²) in [5, 5.41) is 20.8. The smallest absolute Gasteiger partial charge is 0.339 e. The van der Waals surface area contributed by atoms with Crippen molar-refractivity contribution in [3.8, 4) is 5.75 Å². The van der Waals surface area contributed by atoms with Crippen molar-refractivity contribution in [3.63, 3.8) is 0 Å². The normalized spacial score (nSPS) is 11.9. The first kappa shape index (κ1) is 15.0. The van der Waals surface area contributed by atoms with Gasteiger partial charge in [0.2, 0.25) is 5.91 Å². The molecule has 0 bridgehead atoms. The van der Waals surface area contributed by atoms with Crippen LogP contribution in [0.1, 0.15) is 30.1 Å². The second-order valence-electron chi connectivity index (χ2n) is 4.30. The van der Waals surface area contributed by atoms with Gasteiger partial charge in [-0.1, -0.05) is 13.3 Å². The molecule has 6 heteroatoms. The quantitative estimate of drug-likeness (QED) is 0.581. The van der Waals surface area contributed by atoms with Crippen LogP contribution in [0.2, 0.25) is 0 Å². The number of carboxylic acids is 1. The fraction of sp³-hybridized carbons (Fsp3) is 0.385. The molecule has 1 aromatic rings. The lowest BCUT2D eigenvalue weighted by Gasteiger charge is -2.12. The van der Waals surface area contributed by atoms with Crippen molar-refractivity contribution in [1.82, 2.24) is 0 Å². The molecule has 0 radical (unpaired) electrons. The van der Waals surface area contributed by atoms with Crippen LogP contribution in [-0.4, -0.2) is 28.6 Å². The van der Waals surface area contributed by atoms with E-state index >= 15 is 0 Å². The Hall–Kier alpha value is -2.08. The fourth-order valence-corrected chi connectivity index (χ4v) is 1.65. The zero-order chi connectivity index (χ0) is 14.4. The molecule has 1 aromatic carbocycles. The molecule has 0 heterocycles. The van der Waals surface area contributed by atoms with Gasteiger partial charge in [0.1, 0.15) is 11.3 Å². The highest BCUT2D eigenvalue weighted by atomic mass is 16.4. The van der Waals surface area contributed by atoms with Gasteiger partial charge >= 0.3 is 5.97 Å². The number of carbonyl (C=O) groups excluding carboxylic acids is 1. The van der Waals surface area contributed by atoms with Crippen molar-refractivity contribution in [2.45, 2.75) is 19.8 Å². The average Bonchev–Trinajstić information content (AvgIpc) is 2.37. The summed E-state index contributed by atoms with van der Waals surface area (Å²) in [4.78, 5) is 22.6. The molecule has 0 aromatic heterocycles. The van der Waals surface area contributed by atoms with E-state index in [4.69, 9.17) is 10.8 Å². The van der Waals surface area contributed by atoms with Crippen molar-refractivity contribution in [1.29, 1.82) is 0 Å². The van der Waals surface area contributed by atoms with Crippen LogP contribution in [-0.2, 0) is 4.79 Å². The van der Waals surface area contributed by atoms with Crippen molar-refractivity contribution >= 4 is 17.6 Å². The van der Waals surface area contributed by atoms with Crippen molar-refractivity contribution in [3.05, 3.63) is 23.8 Å². The van der Waals surface area contributed by atoms with Gasteiger partial charge in [-0.25, -0.2) is 4.79 Å². The number of aromatic carboxylic acids is 1. The Balaban J connectivity index is 2.74. The fourth-order valence-electron chi connectivity index (χ4n) is 1.65. The second-order valence-corrected chi connectivity index (χ2v) is 4.30. The third-order valence-electron chi connectivity index (χ3n) is 2.90. The number of anilines is 1. The number of phenols is 1. The molecule has 0 saturated heterocycles. The molecule has 104 valence electrons. The van der Waals surface area contributed by atoms with E-state index in [1.54, 1.807) is 0 Å². The number of amides is 1. The first-order chi connectivity index (χ1) is 8.97. The number of aromatic hydroxyl groups is 1. The highest BCUT2D eigenvalue weighted by Gasteiger charge is 2.13. The summed E-state index contributed by atoms with van der Waals surface area (Å²) in [5.41, 5.74) is 5.61. The number of hydrogen-bond acceptors (Lipinski definition) is 4. The zero-order valence-electron chi connectivity index (χ0n) is 10.7. The highest BCUT2D eigenvalue weighted by molar-refractivity contribution is 5.95. The van der Waals surface area contributed by atoms with E-state index in [-0.39, 0.29) is 29.6 Å². The maximum Gasteiger partial charge on any atom is 0.339 e. The summed E-state index contributed by atoms with van der Waals surface area (Å²) in [7, 11) is 0. The van der Waals surface area contributed by atoms with Crippen molar-refractivity contribution < 1.29 is 19.8 Å². The van der Waals surface area contributed by atoms with Crippen LogP contribution >= 0.6 is 0 Å². The number of rotatable bonds is 6. The largest absolute Gasteiger partial charge is 0.507 e. The Kier molecular flexibility index (Phi) is 5.32. The van der Waals surface area contributed by atoms with Crippen LogP contribution in [0.4, 0.5) is 5.69 Å². The van der Waals surface area contributed by atoms with Crippen molar-refractivity contribution in [2.24, 2.45) is 11.7 Å². The van der Waals surface area contributed by atoms with E-state index in [9.17, 15) is 14.7 Å². The van der Waals surface area contributed by atoms with E-state index in [1.165, 1.54) is 18.2 Å². The van der Waals surface area contributed by atoms with Gasteiger partial charge < -0.3 is 21.3 Å². The monoisotopic (exact) mass is 266 g/mol. The summed E-state index contributed by atoms with van der Waals surface area (Å²) in [6, 6.07) is 3.90. The Morgan fingerprint density at radius 3 is 2.63 bits per heavy atom. The van der Waals surface area contributed by atoms with E-state index in [2.05, 4.69) is 5.32 Å². The van der Waals surface area contributed by atoms with Gasteiger partial charge in [0.05, 0.1) is 0 Å². The Morgan fingerprint density at radius 2 is 2.11 bits per heavy atom. The molecule has 19 heavy (non-hydrogen) atoms. The number of benzene rings is 1. The lowest BCUT2D eigenvalue weighted by Crippen LogP contribution is -2.21. The van der Waals surface area contributed by atoms with Gasteiger partial charge in [0, 0.05) is 12.1 Å². The molecule has 1 amide bonds. The summed E-state index contributed by atoms with van der Waals surface area (Å²) in [6.07, 6.45) is 1.09. The molecule has 0 aliphatic carbocycles. The van der Waals surface area contributed by atoms with Gasteiger partial charge in [-0.05, 0) is 30.7 Å². The van der Waals surface area contributed by atoms with Gasteiger partial charge in [0.25, 0.3) is 0 Å². The first-order valence-corrected chi connectivity index (χ1v) is 6.04. The Morgan fingerprint density at radius 1 is 1.42 bits per heavy atom. The molecule has 0 aliphatic heterocycles. The highest BCUT2D eigenvalue weighted by Crippen LogP contribution is 2.21. The Bertz CT molecular complexity index is 470. The molecular formula is C13H18N2O4. The molecule has 5 N–H and O–H groups in total. The molecule has 1 rings (SSSR count). The maximum atomic E-state index is 11.7. The summed E-state index contributed by atoms with van der Waals surface area (Å²) in [5.74, 6) is -1.70. The summed E-state index contributed by atoms with van der Waals surface area (Å²) in [6.45, 7) is 2.38. The lowest BCUT2D eigenvalue weighted by molar-refractivity contribution is -0.117. The standard InChI is InChI=1S/C13H18N2O4/c1-2-8(7-14)5-12(17)15-9-3-4-11(16)10(6-9)13(18)19/h3-4,6,8,16H,2,5,7,14H2,1H3,(H,15,17)(H,18,19). The zero-order valence-corrected chi connectivity index (χ0v) is 10.7. The van der Waals surface area contributed by atoms with E-state index in [0.717, 1.165) is 6.42 Å². The number of carbonyl (C=O) groups is 2. The first-order valence-electron chi connectivity index (χ1n) is 6.04. The molecular weight excluding hydrogens is 248 g/mol. The molecule has 6 nitrogen and oxygen atoms in total. The van der Waals surface area contributed by atoms with Crippen LogP contribution in [0.15, 0.2) is 18.2 Å². The van der Waals surface area contributed by atoms with Crippen LogP contribution in [0.5, 0.6) is 5.75 Å². The minimum absolute atomic E-state index is 0.107. The maximum absolute atomic E-state index is 11.7. The average molecular weight is 266 g/mol. The SMILES string of the molecule is CCC(CN)CC(=O)Nc1ccc(O)c(C(=O)O)c1. The second kappa shape index (κ2) is 6.75. The number of nitrogens with one attached hydrogen (secondary N) is 1. The predicted octanol–water partition coefficient (Wildman–Crippen LogP) is 1.40. The topological polar surface area (TPSA) is 113 Å².